The zero-order valence-corrected chi connectivity index (χ0v) is 14.7. The molecule has 0 aliphatic heterocycles. The largest absolute Gasteiger partial charge is 0.496 e. The molecule has 2 amide bonds. The van der Waals surface area contributed by atoms with Crippen molar-refractivity contribution < 1.29 is 23.9 Å². The summed E-state index contributed by atoms with van der Waals surface area (Å²) >= 11 is 5.90. The summed E-state index contributed by atoms with van der Waals surface area (Å²) in [6.45, 7) is -0.445. The Morgan fingerprint density at radius 3 is 2.42 bits per heavy atom. The number of rotatable bonds is 7. The van der Waals surface area contributed by atoms with Crippen LogP contribution in [0.2, 0.25) is 5.02 Å². The van der Waals surface area contributed by atoms with Crippen LogP contribution in [-0.2, 0) is 20.7 Å². The Balaban J connectivity index is 1.86. The van der Waals surface area contributed by atoms with Gasteiger partial charge in [0.15, 0.2) is 6.61 Å². The van der Waals surface area contributed by atoms with Crippen molar-refractivity contribution in [1.82, 2.24) is 0 Å². The number of hydrogen-bond donors (Lipinski definition) is 2. The summed E-state index contributed by atoms with van der Waals surface area (Å²) in [5, 5.41) is 3.01. The Labute approximate surface area is 155 Å². The van der Waals surface area contributed by atoms with Crippen molar-refractivity contribution >= 4 is 35.1 Å². The second kappa shape index (κ2) is 8.87. The van der Waals surface area contributed by atoms with Gasteiger partial charge in [-0.25, -0.2) is 0 Å². The average molecular weight is 377 g/mol. The summed E-state index contributed by atoms with van der Waals surface area (Å²) in [5.74, 6) is -1.16. The molecule has 0 fully saturated rings. The lowest BCUT2D eigenvalue weighted by Gasteiger charge is -2.09. The van der Waals surface area contributed by atoms with Crippen molar-refractivity contribution in [1.29, 1.82) is 0 Å². The van der Waals surface area contributed by atoms with Crippen LogP contribution in [0.4, 0.5) is 5.69 Å². The molecular formula is C18H17ClN2O5. The number of nitrogens with two attached hydrogens (primary N) is 1. The average Bonchev–Trinajstić information content (AvgIpc) is 2.60. The standard InChI is InChI=1S/C18H17ClN2O5/c1-25-15-7-4-13(19)8-12(15)9-17(23)26-10-16(22)21-14-5-2-11(3-6-14)18(20)24/h2-8H,9-10H2,1H3,(H2,20,24)(H,21,22). The number of ether oxygens (including phenoxy) is 2. The van der Waals surface area contributed by atoms with Gasteiger partial charge in [0.25, 0.3) is 5.91 Å². The van der Waals surface area contributed by atoms with E-state index in [0.717, 1.165) is 0 Å². The van der Waals surface area contributed by atoms with Gasteiger partial charge in [0.05, 0.1) is 13.5 Å². The molecule has 0 aromatic heterocycles. The SMILES string of the molecule is COc1ccc(Cl)cc1CC(=O)OCC(=O)Nc1ccc(C(N)=O)cc1. The van der Waals surface area contributed by atoms with Crippen molar-refractivity contribution in [3.63, 3.8) is 0 Å². The molecule has 2 aromatic rings. The zero-order chi connectivity index (χ0) is 19.1. The van der Waals surface area contributed by atoms with Gasteiger partial charge < -0.3 is 20.5 Å². The Morgan fingerprint density at radius 1 is 1.12 bits per heavy atom. The normalized spacial score (nSPS) is 10.1. The fraction of sp³-hybridized carbons (Fsp3) is 0.167. The number of hydrogen-bond acceptors (Lipinski definition) is 5. The molecule has 0 bridgehead atoms. The van der Waals surface area contributed by atoms with E-state index in [1.807, 2.05) is 0 Å². The van der Waals surface area contributed by atoms with Crippen molar-refractivity contribution in [2.24, 2.45) is 5.73 Å². The molecule has 2 aromatic carbocycles. The third-order valence-electron chi connectivity index (χ3n) is 3.39. The Kier molecular flexibility index (Phi) is 6.57. The van der Waals surface area contributed by atoms with Gasteiger partial charge in [-0.2, -0.15) is 0 Å². The second-order valence-corrected chi connectivity index (χ2v) is 5.72. The molecule has 2 rings (SSSR count). The first kappa shape index (κ1) is 19.3. The van der Waals surface area contributed by atoms with E-state index in [1.54, 1.807) is 18.2 Å². The fourth-order valence-electron chi connectivity index (χ4n) is 2.15. The summed E-state index contributed by atoms with van der Waals surface area (Å²) in [6.07, 6.45) is -0.0790. The minimum absolute atomic E-state index is 0.0790. The summed E-state index contributed by atoms with van der Waals surface area (Å²) < 4.78 is 10.1. The quantitative estimate of drug-likeness (QED) is 0.720. The molecule has 0 radical (unpaired) electrons. The molecule has 136 valence electrons. The van der Waals surface area contributed by atoms with E-state index in [-0.39, 0.29) is 6.42 Å². The minimum Gasteiger partial charge on any atom is -0.496 e. The topological polar surface area (TPSA) is 108 Å². The number of methoxy groups -OCH3 is 1. The van der Waals surface area contributed by atoms with Crippen molar-refractivity contribution in [3.8, 4) is 5.75 Å². The predicted octanol–water partition coefficient (Wildman–Crippen LogP) is 2.17. The highest BCUT2D eigenvalue weighted by Crippen LogP contribution is 2.23. The van der Waals surface area contributed by atoms with Gasteiger partial charge >= 0.3 is 5.97 Å². The number of esters is 1. The Morgan fingerprint density at radius 2 is 1.81 bits per heavy atom. The second-order valence-electron chi connectivity index (χ2n) is 5.28. The van der Waals surface area contributed by atoms with Gasteiger partial charge in [-0.05, 0) is 42.5 Å². The third-order valence-corrected chi connectivity index (χ3v) is 3.63. The molecular weight excluding hydrogens is 360 g/mol. The van der Waals surface area contributed by atoms with Crippen LogP contribution >= 0.6 is 11.6 Å². The molecule has 0 heterocycles. The highest BCUT2D eigenvalue weighted by atomic mass is 35.5. The fourth-order valence-corrected chi connectivity index (χ4v) is 2.35. The van der Waals surface area contributed by atoms with Gasteiger partial charge in [0.1, 0.15) is 5.75 Å². The summed E-state index contributed by atoms with van der Waals surface area (Å²) in [5.41, 5.74) is 6.48. The first-order valence-corrected chi connectivity index (χ1v) is 7.94. The molecule has 0 spiro atoms. The molecule has 0 saturated carbocycles. The van der Waals surface area contributed by atoms with Crippen LogP contribution in [0.15, 0.2) is 42.5 Å². The van der Waals surface area contributed by atoms with Crippen LogP contribution in [0.25, 0.3) is 0 Å². The van der Waals surface area contributed by atoms with Crippen LogP contribution in [0, 0.1) is 0 Å². The number of anilines is 1. The highest BCUT2D eigenvalue weighted by molar-refractivity contribution is 6.30. The maximum absolute atomic E-state index is 11.9. The van der Waals surface area contributed by atoms with E-state index in [4.69, 9.17) is 26.8 Å². The van der Waals surface area contributed by atoms with Gasteiger partial charge in [0, 0.05) is 21.8 Å². The lowest BCUT2D eigenvalue weighted by molar-refractivity contribution is -0.146. The van der Waals surface area contributed by atoms with E-state index in [0.29, 0.717) is 27.6 Å². The van der Waals surface area contributed by atoms with Gasteiger partial charge in [-0.15, -0.1) is 0 Å². The Hall–Kier alpha value is -3.06. The summed E-state index contributed by atoms with van der Waals surface area (Å²) in [7, 11) is 1.48. The number of halogens is 1. The molecule has 3 N–H and O–H groups in total. The van der Waals surface area contributed by atoms with Crippen molar-refractivity contribution in [3.05, 3.63) is 58.6 Å². The highest BCUT2D eigenvalue weighted by Gasteiger charge is 2.13. The summed E-state index contributed by atoms with van der Waals surface area (Å²) in [4.78, 5) is 34.7. The van der Waals surface area contributed by atoms with Crippen LogP contribution in [0.5, 0.6) is 5.75 Å². The smallest absolute Gasteiger partial charge is 0.310 e. The Bertz CT molecular complexity index is 821. The lowest BCUT2D eigenvalue weighted by atomic mass is 10.1. The number of primary amides is 1. The van der Waals surface area contributed by atoms with Gasteiger partial charge in [-0.1, -0.05) is 11.6 Å². The molecule has 0 saturated heterocycles. The predicted molar refractivity (Wildman–Crippen MR) is 96.3 cm³/mol. The number of nitrogens with one attached hydrogen (secondary N) is 1. The molecule has 0 aliphatic carbocycles. The van der Waals surface area contributed by atoms with Crippen LogP contribution in [-0.4, -0.2) is 31.5 Å². The number of amides is 2. The lowest BCUT2D eigenvalue weighted by Crippen LogP contribution is -2.21. The zero-order valence-electron chi connectivity index (χ0n) is 14.0. The first-order valence-electron chi connectivity index (χ1n) is 7.57. The monoisotopic (exact) mass is 376 g/mol. The van der Waals surface area contributed by atoms with E-state index in [2.05, 4.69) is 5.32 Å². The molecule has 0 aliphatic rings. The van der Waals surface area contributed by atoms with E-state index in [9.17, 15) is 14.4 Å². The van der Waals surface area contributed by atoms with Crippen LogP contribution in [0.3, 0.4) is 0 Å². The van der Waals surface area contributed by atoms with Gasteiger partial charge in [0.2, 0.25) is 5.91 Å². The molecule has 26 heavy (non-hydrogen) atoms. The van der Waals surface area contributed by atoms with E-state index < -0.39 is 24.4 Å². The number of carbonyl (C=O) groups is 3. The van der Waals surface area contributed by atoms with Gasteiger partial charge in [-0.3, -0.25) is 14.4 Å². The maximum Gasteiger partial charge on any atom is 0.310 e. The number of carbonyl (C=O) groups excluding carboxylic acids is 3. The minimum atomic E-state index is -0.593. The molecule has 7 nitrogen and oxygen atoms in total. The van der Waals surface area contributed by atoms with Crippen LogP contribution in [0.1, 0.15) is 15.9 Å². The van der Waals surface area contributed by atoms with E-state index in [1.165, 1.54) is 31.4 Å². The first-order chi connectivity index (χ1) is 12.4. The van der Waals surface area contributed by atoms with Crippen LogP contribution < -0.4 is 15.8 Å². The maximum atomic E-state index is 11.9. The summed E-state index contributed by atoms with van der Waals surface area (Å²) in [6, 6.07) is 10.9. The molecule has 0 atom stereocenters. The molecule has 0 unspecified atom stereocenters. The van der Waals surface area contributed by atoms with Crippen molar-refractivity contribution in [2.75, 3.05) is 19.0 Å². The molecule has 8 heteroatoms. The van der Waals surface area contributed by atoms with Crippen molar-refractivity contribution in [2.45, 2.75) is 6.42 Å². The van der Waals surface area contributed by atoms with E-state index >= 15 is 0 Å². The third kappa shape index (κ3) is 5.49. The number of benzene rings is 2.